The predicted molar refractivity (Wildman–Crippen MR) is 85.5 cm³/mol. The Morgan fingerprint density at radius 2 is 2.05 bits per heavy atom. The van der Waals surface area contributed by atoms with E-state index in [4.69, 9.17) is 0 Å². The van der Waals surface area contributed by atoms with Gasteiger partial charge in [0.2, 0.25) is 15.9 Å². The molecule has 1 amide bonds. The normalized spacial score (nSPS) is 11.4. The Bertz CT molecular complexity index is 578. The highest BCUT2D eigenvalue weighted by Crippen LogP contribution is 2.15. The van der Waals surface area contributed by atoms with Crippen molar-refractivity contribution < 1.29 is 13.2 Å². The molecule has 118 valence electrons. The molecular weight excluding hydrogens is 358 g/mol. The number of hydrogen-bond acceptors (Lipinski definition) is 4. The Morgan fingerprint density at radius 3 is 2.67 bits per heavy atom. The molecule has 0 aliphatic carbocycles. The molecular formula is C13H20BrN3O3S. The Hall–Kier alpha value is -0.960. The van der Waals surface area contributed by atoms with Gasteiger partial charge in [0.15, 0.2) is 0 Å². The number of nitrogens with zero attached hydrogens (tertiary/aromatic N) is 1. The number of halogens is 1. The molecule has 0 aliphatic heterocycles. The summed E-state index contributed by atoms with van der Waals surface area (Å²) in [5.74, 6) is -0.0952. The fourth-order valence-electron chi connectivity index (χ4n) is 1.60. The van der Waals surface area contributed by atoms with Crippen molar-refractivity contribution >= 4 is 31.9 Å². The van der Waals surface area contributed by atoms with E-state index in [1.165, 1.54) is 12.1 Å². The van der Waals surface area contributed by atoms with Crippen molar-refractivity contribution in [3.8, 4) is 0 Å². The molecule has 0 fully saturated rings. The fourth-order valence-corrected chi connectivity index (χ4v) is 3.23. The van der Waals surface area contributed by atoms with Crippen molar-refractivity contribution in [2.24, 2.45) is 0 Å². The molecule has 0 aliphatic rings. The second-order valence-corrected chi connectivity index (χ2v) is 7.21. The highest BCUT2D eigenvalue weighted by molar-refractivity contribution is 9.10. The highest BCUT2D eigenvalue weighted by Gasteiger charge is 2.15. The second-order valence-electron chi connectivity index (χ2n) is 4.52. The minimum absolute atomic E-state index is 0.0809. The summed E-state index contributed by atoms with van der Waals surface area (Å²) in [6.07, 6.45) is 0.132. The maximum atomic E-state index is 12.0. The molecule has 1 aromatic rings. The summed E-state index contributed by atoms with van der Waals surface area (Å²) in [6, 6.07) is 6.42. The number of likely N-dealkylation sites (N-methyl/N-ethyl adjacent to an activating group) is 2. The van der Waals surface area contributed by atoms with Crippen LogP contribution in [0.2, 0.25) is 0 Å². The third-order valence-electron chi connectivity index (χ3n) is 2.86. The van der Waals surface area contributed by atoms with Crippen molar-refractivity contribution in [1.29, 1.82) is 0 Å². The minimum Gasteiger partial charge on any atom is -0.344 e. The van der Waals surface area contributed by atoms with E-state index in [2.05, 4.69) is 26.0 Å². The van der Waals surface area contributed by atoms with Crippen molar-refractivity contribution in [2.45, 2.75) is 11.3 Å². The van der Waals surface area contributed by atoms with Crippen LogP contribution in [-0.2, 0) is 14.8 Å². The Labute approximate surface area is 134 Å². The second kappa shape index (κ2) is 8.47. The maximum Gasteiger partial charge on any atom is 0.240 e. The molecule has 6 nitrogen and oxygen atoms in total. The van der Waals surface area contributed by atoms with Crippen LogP contribution in [0.4, 0.5) is 0 Å². The summed E-state index contributed by atoms with van der Waals surface area (Å²) in [4.78, 5) is 13.5. The molecule has 2 N–H and O–H groups in total. The summed E-state index contributed by atoms with van der Waals surface area (Å²) in [5.41, 5.74) is 0. The Kier molecular flexibility index (Phi) is 7.30. The van der Waals surface area contributed by atoms with E-state index < -0.39 is 10.0 Å². The van der Waals surface area contributed by atoms with Gasteiger partial charge in [-0.1, -0.05) is 22.0 Å². The molecule has 8 heteroatoms. The fraction of sp³-hybridized carbons (Fsp3) is 0.462. The van der Waals surface area contributed by atoms with Gasteiger partial charge in [0.25, 0.3) is 0 Å². The zero-order valence-corrected chi connectivity index (χ0v) is 14.5. The topological polar surface area (TPSA) is 78.5 Å². The summed E-state index contributed by atoms with van der Waals surface area (Å²) in [5, 5.41) is 2.95. The van der Waals surface area contributed by atoms with Crippen molar-refractivity contribution in [1.82, 2.24) is 14.9 Å². The SMILES string of the molecule is CNCCN(C)C(=O)CCNS(=O)(=O)c1cccc(Br)c1. The average Bonchev–Trinajstić information content (AvgIpc) is 2.44. The lowest BCUT2D eigenvalue weighted by molar-refractivity contribution is -0.129. The van der Waals surface area contributed by atoms with Crippen molar-refractivity contribution in [2.75, 3.05) is 33.7 Å². The lowest BCUT2D eigenvalue weighted by atomic mass is 10.3. The predicted octanol–water partition coefficient (Wildman–Crippen LogP) is 0.795. The molecule has 0 saturated heterocycles. The smallest absolute Gasteiger partial charge is 0.240 e. The minimum atomic E-state index is -3.58. The van der Waals surface area contributed by atoms with Crippen LogP contribution < -0.4 is 10.0 Å². The van der Waals surface area contributed by atoms with E-state index in [0.717, 1.165) is 0 Å². The van der Waals surface area contributed by atoms with E-state index in [1.807, 2.05) is 7.05 Å². The number of rotatable bonds is 8. The van der Waals surface area contributed by atoms with E-state index in [9.17, 15) is 13.2 Å². The van der Waals surface area contributed by atoms with Gasteiger partial charge in [-0.25, -0.2) is 13.1 Å². The first-order chi connectivity index (χ1) is 9.86. The molecule has 0 aromatic heterocycles. The Balaban J connectivity index is 2.49. The summed E-state index contributed by atoms with van der Waals surface area (Å²) >= 11 is 3.23. The van der Waals surface area contributed by atoms with Crippen LogP contribution in [0.3, 0.4) is 0 Å². The Morgan fingerprint density at radius 1 is 1.33 bits per heavy atom. The first-order valence-corrected chi connectivity index (χ1v) is 8.78. The summed E-state index contributed by atoms with van der Waals surface area (Å²) < 4.78 is 27.2. The molecule has 1 aromatic carbocycles. The first-order valence-electron chi connectivity index (χ1n) is 6.50. The quantitative estimate of drug-likeness (QED) is 0.701. The molecule has 21 heavy (non-hydrogen) atoms. The van der Waals surface area contributed by atoms with Gasteiger partial charge in [-0.2, -0.15) is 0 Å². The van der Waals surface area contributed by atoms with Crippen molar-refractivity contribution in [3.63, 3.8) is 0 Å². The monoisotopic (exact) mass is 377 g/mol. The molecule has 0 spiro atoms. The lowest BCUT2D eigenvalue weighted by Gasteiger charge is -2.17. The van der Waals surface area contributed by atoms with Gasteiger partial charge in [-0.3, -0.25) is 4.79 Å². The molecule has 0 bridgehead atoms. The van der Waals surface area contributed by atoms with Crippen LogP contribution >= 0.6 is 15.9 Å². The van der Waals surface area contributed by atoms with Gasteiger partial charge < -0.3 is 10.2 Å². The summed E-state index contributed by atoms with van der Waals surface area (Å²) in [6.45, 7) is 1.37. The third kappa shape index (κ3) is 6.13. The van der Waals surface area contributed by atoms with Gasteiger partial charge >= 0.3 is 0 Å². The van der Waals surface area contributed by atoms with Crippen LogP contribution in [0.25, 0.3) is 0 Å². The van der Waals surface area contributed by atoms with Crippen LogP contribution in [0.15, 0.2) is 33.6 Å². The van der Waals surface area contributed by atoms with Crippen LogP contribution in [0.5, 0.6) is 0 Å². The van der Waals surface area contributed by atoms with E-state index in [-0.39, 0.29) is 23.8 Å². The van der Waals surface area contributed by atoms with Crippen LogP contribution in [0, 0.1) is 0 Å². The summed E-state index contributed by atoms with van der Waals surface area (Å²) in [7, 11) is -0.0773. The lowest BCUT2D eigenvalue weighted by Crippen LogP contribution is -2.35. The molecule has 0 radical (unpaired) electrons. The first kappa shape index (κ1) is 18.1. The van der Waals surface area contributed by atoms with Gasteiger partial charge in [0.1, 0.15) is 0 Å². The molecule has 1 rings (SSSR count). The average molecular weight is 378 g/mol. The van der Waals surface area contributed by atoms with Gasteiger partial charge in [0.05, 0.1) is 4.90 Å². The van der Waals surface area contributed by atoms with Crippen molar-refractivity contribution in [3.05, 3.63) is 28.7 Å². The van der Waals surface area contributed by atoms with Gasteiger partial charge in [-0.15, -0.1) is 0 Å². The van der Waals surface area contributed by atoms with Gasteiger partial charge in [-0.05, 0) is 25.2 Å². The standard InChI is InChI=1S/C13H20BrN3O3S/c1-15-8-9-17(2)13(18)6-7-16-21(19,20)12-5-3-4-11(14)10-12/h3-5,10,15-16H,6-9H2,1-2H3. The van der Waals surface area contributed by atoms with E-state index in [1.54, 1.807) is 24.1 Å². The maximum absolute atomic E-state index is 12.0. The number of nitrogens with one attached hydrogen (secondary N) is 2. The zero-order valence-electron chi connectivity index (χ0n) is 12.1. The highest BCUT2D eigenvalue weighted by atomic mass is 79.9. The number of amides is 1. The number of carbonyl (C=O) groups excluding carboxylic acids is 1. The zero-order chi connectivity index (χ0) is 15.9. The van der Waals surface area contributed by atoms with Crippen LogP contribution in [0.1, 0.15) is 6.42 Å². The molecule has 0 atom stereocenters. The number of carbonyl (C=O) groups is 1. The van der Waals surface area contributed by atoms with E-state index >= 15 is 0 Å². The van der Waals surface area contributed by atoms with E-state index in [0.29, 0.717) is 17.6 Å². The third-order valence-corrected chi connectivity index (χ3v) is 4.81. The van der Waals surface area contributed by atoms with Crippen LogP contribution in [-0.4, -0.2) is 53.0 Å². The molecule has 0 unspecified atom stereocenters. The van der Waals surface area contributed by atoms with Gasteiger partial charge in [0, 0.05) is 37.6 Å². The largest absolute Gasteiger partial charge is 0.344 e. The number of sulfonamides is 1. The molecule has 0 saturated carbocycles. The number of hydrogen-bond donors (Lipinski definition) is 2. The number of benzene rings is 1. The molecule has 0 heterocycles.